The van der Waals surface area contributed by atoms with Crippen LogP contribution in [-0.2, 0) is 0 Å². The van der Waals surface area contributed by atoms with Crippen molar-refractivity contribution in [3.8, 4) is 0 Å². The SMILES string of the molecule is CC1(NC2=NCC3(CCCCC3)CS2)CC1. The number of hydrogen-bond donors (Lipinski definition) is 1. The van der Waals surface area contributed by atoms with Gasteiger partial charge in [-0.3, -0.25) is 4.99 Å². The van der Waals surface area contributed by atoms with E-state index in [9.17, 15) is 0 Å². The van der Waals surface area contributed by atoms with Crippen LogP contribution < -0.4 is 5.32 Å². The Morgan fingerprint density at radius 1 is 1.12 bits per heavy atom. The van der Waals surface area contributed by atoms with Crippen LogP contribution in [0.15, 0.2) is 4.99 Å². The van der Waals surface area contributed by atoms with E-state index in [-0.39, 0.29) is 0 Å². The van der Waals surface area contributed by atoms with Crippen molar-refractivity contribution in [2.45, 2.75) is 57.4 Å². The van der Waals surface area contributed by atoms with Crippen molar-refractivity contribution in [3.05, 3.63) is 0 Å². The second-order valence-corrected chi connectivity index (χ2v) is 7.12. The Morgan fingerprint density at radius 2 is 1.88 bits per heavy atom. The number of nitrogens with one attached hydrogen (secondary N) is 1. The summed E-state index contributed by atoms with van der Waals surface area (Å²) >= 11 is 1.97. The Bertz CT molecular complexity index is 301. The fourth-order valence-electron chi connectivity index (χ4n) is 2.80. The lowest BCUT2D eigenvalue weighted by molar-refractivity contribution is 0.232. The van der Waals surface area contributed by atoms with Gasteiger partial charge in [-0.15, -0.1) is 0 Å². The zero-order chi connectivity index (χ0) is 11.1. The quantitative estimate of drug-likeness (QED) is 0.759. The van der Waals surface area contributed by atoms with Crippen LogP contribution in [0.1, 0.15) is 51.9 Å². The van der Waals surface area contributed by atoms with Crippen LogP contribution in [0.4, 0.5) is 0 Å². The highest BCUT2D eigenvalue weighted by Gasteiger charge is 2.40. The molecule has 1 heterocycles. The second kappa shape index (κ2) is 3.94. The second-order valence-electron chi connectivity index (χ2n) is 6.16. The number of rotatable bonds is 1. The first kappa shape index (κ1) is 10.9. The van der Waals surface area contributed by atoms with Crippen LogP contribution in [0.5, 0.6) is 0 Å². The van der Waals surface area contributed by atoms with Gasteiger partial charge in [0.2, 0.25) is 0 Å². The predicted octanol–water partition coefficient (Wildman–Crippen LogP) is 3.18. The molecule has 0 radical (unpaired) electrons. The van der Waals surface area contributed by atoms with Crippen molar-refractivity contribution in [3.63, 3.8) is 0 Å². The summed E-state index contributed by atoms with van der Waals surface area (Å²) < 4.78 is 0. The molecule has 1 aliphatic heterocycles. The van der Waals surface area contributed by atoms with Crippen LogP contribution in [0.25, 0.3) is 0 Å². The molecule has 0 bridgehead atoms. The van der Waals surface area contributed by atoms with E-state index >= 15 is 0 Å². The van der Waals surface area contributed by atoms with E-state index in [1.54, 1.807) is 0 Å². The Morgan fingerprint density at radius 3 is 2.44 bits per heavy atom. The van der Waals surface area contributed by atoms with Gasteiger partial charge in [0.15, 0.2) is 5.17 Å². The average molecular weight is 238 g/mol. The molecule has 16 heavy (non-hydrogen) atoms. The summed E-state index contributed by atoms with van der Waals surface area (Å²) in [7, 11) is 0. The van der Waals surface area contributed by atoms with E-state index in [2.05, 4.69) is 12.2 Å². The van der Waals surface area contributed by atoms with Gasteiger partial charge in [-0.1, -0.05) is 31.0 Å². The first-order chi connectivity index (χ1) is 7.70. The van der Waals surface area contributed by atoms with Gasteiger partial charge in [0, 0.05) is 17.8 Å². The van der Waals surface area contributed by atoms with Crippen LogP contribution in [0.2, 0.25) is 0 Å². The van der Waals surface area contributed by atoms with Crippen molar-refractivity contribution < 1.29 is 0 Å². The largest absolute Gasteiger partial charge is 0.360 e. The summed E-state index contributed by atoms with van der Waals surface area (Å²) in [5.41, 5.74) is 0.960. The molecular weight excluding hydrogens is 216 g/mol. The molecule has 2 saturated carbocycles. The molecule has 0 amide bonds. The summed E-state index contributed by atoms with van der Waals surface area (Å²) in [4.78, 5) is 4.80. The highest BCUT2D eigenvalue weighted by Crippen LogP contribution is 2.42. The topological polar surface area (TPSA) is 24.4 Å². The lowest BCUT2D eigenvalue weighted by atomic mass is 9.75. The summed E-state index contributed by atoms with van der Waals surface area (Å²) in [5.74, 6) is 1.30. The molecule has 2 fully saturated rings. The number of thioether (sulfide) groups is 1. The molecular formula is C13H22N2S. The van der Waals surface area contributed by atoms with Gasteiger partial charge in [-0.05, 0) is 38.0 Å². The minimum absolute atomic E-state index is 0.392. The highest BCUT2D eigenvalue weighted by molar-refractivity contribution is 8.13. The van der Waals surface area contributed by atoms with Crippen molar-refractivity contribution in [1.29, 1.82) is 0 Å². The Hall–Kier alpha value is -0.180. The zero-order valence-corrected chi connectivity index (χ0v) is 11.0. The van der Waals surface area contributed by atoms with Crippen LogP contribution in [-0.4, -0.2) is 23.0 Å². The molecule has 3 aliphatic rings. The van der Waals surface area contributed by atoms with Crippen molar-refractivity contribution in [1.82, 2.24) is 5.32 Å². The van der Waals surface area contributed by atoms with E-state index in [4.69, 9.17) is 4.99 Å². The summed E-state index contributed by atoms with van der Waals surface area (Å²) in [6.45, 7) is 3.39. The first-order valence-electron chi connectivity index (χ1n) is 6.65. The Kier molecular flexibility index (Phi) is 2.69. The van der Waals surface area contributed by atoms with Crippen molar-refractivity contribution in [2.24, 2.45) is 10.4 Å². The fraction of sp³-hybridized carbons (Fsp3) is 0.923. The third-order valence-electron chi connectivity index (χ3n) is 4.40. The number of amidine groups is 1. The number of aliphatic imine (C=N–C) groups is 1. The monoisotopic (exact) mass is 238 g/mol. The van der Waals surface area contributed by atoms with Crippen LogP contribution in [0, 0.1) is 5.41 Å². The molecule has 2 nitrogen and oxygen atoms in total. The summed E-state index contributed by atoms with van der Waals surface area (Å²) in [6.07, 6.45) is 9.75. The lowest BCUT2D eigenvalue weighted by Gasteiger charge is -2.38. The minimum Gasteiger partial charge on any atom is -0.360 e. The number of hydrogen-bond acceptors (Lipinski definition) is 3. The average Bonchev–Trinajstić information content (AvgIpc) is 3.02. The maximum atomic E-state index is 4.80. The third-order valence-corrected chi connectivity index (χ3v) is 5.66. The van der Waals surface area contributed by atoms with Crippen molar-refractivity contribution in [2.75, 3.05) is 12.3 Å². The molecule has 3 heteroatoms. The standard InChI is InChI=1S/C13H22N2S/c1-12(7-8-12)15-11-14-9-13(10-16-11)5-3-2-4-6-13/h2-10H2,1H3,(H,14,15). The third kappa shape index (κ3) is 2.24. The van der Waals surface area contributed by atoms with Crippen LogP contribution in [0.3, 0.4) is 0 Å². The van der Waals surface area contributed by atoms with Gasteiger partial charge in [0.1, 0.15) is 0 Å². The Labute approximate surface area is 103 Å². The maximum Gasteiger partial charge on any atom is 0.157 e. The van der Waals surface area contributed by atoms with E-state index in [1.807, 2.05) is 11.8 Å². The molecule has 0 aromatic rings. The molecule has 1 N–H and O–H groups in total. The molecule has 0 aromatic heterocycles. The van der Waals surface area contributed by atoms with Crippen LogP contribution >= 0.6 is 11.8 Å². The maximum absolute atomic E-state index is 4.80. The first-order valence-corrected chi connectivity index (χ1v) is 7.64. The van der Waals surface area contributed by atoms with Gasteiger partial charge < -0.3 is 5.32 Å². The molecule has 3 rings (SSSR count). The zero-order valence-electron chi connectivity index (χ0n) is 10.2. The van der Waals surface area contributed by atoms with E-state index in [0.717, 1.165) is 6.54 Å². The smallest absolute Gasteiger partial charge is 0.157 e. The van der Waals surface area contributed by atoms with Gasteiger partial charge in [-0.25, -0.2) is 0 Å². The molecule has 90 valence electrons. The summed E-state index contributed by atoms with van der Waals surface area (Å²) in [6, 6.07) is 0. The highest BCUT2D eigenvalue weighted by atomic mass is 32.2. The molecule has 2 aliphatic carbocycles. The van der Waals surface area contributed by atoms with Gasteiger partial charge >= 0.3 is 0 Å². The summed E-state index contributed by atoms with van der Waals surface area (Å²) in [5, 5.41) is 4.82. The molecule has 0 saturated heterocycles. The van der Waals surface area contributed by atoms with E-state index in [1.165, 1.54) is 55.9 Å². The lowest BCUT2D eigenvalue weighted by Crippen LogP contribution is -2.40. The minimum atomic E-state index is 0.392. The predicted molar refractivity (Wildman–Crippen MR) is 71.1 cm³/mol. The normalized spacial score (nSPS) is 30.9. The molecule has 0 atom stereocenters. The van der Waals surface area contributed by atoms with E-state index < -0.39 is 0 Å². The van der Waals surface area contributed by atoms with Gasteiger partial charge in [0.25, 0.3) is 0 Å². The fourth-order valence-corrected chi connectivity index (χ4v) is 4.10. The molecule has 1 spiro atoms. The number of nitrogens with zero attached hydrogens (tertiary/aromatic N) is 1. The van der Waals surface area contributed by atoms with Crippen molar-refractivity contribution >= 4 is 16.9 Å². The molecule has 0 unspecified atom stereocenters. The van der Waals surface area contributed by atoms with E-state index in [0.29, 0.717) is 11.0 Å². The molecule has 0 aromatic carbocycles. The van der Waals surface area contributed by atoms with Gasteiger partial charge in [0.05, 0.1) is 0 Å². The Balaban J connectivity index is 1.60. The van der Waals surface area contributed by atoms with Gasteiger partial charge in [-0.2, -0.15) is 0 Å².